The van der Waals surface area contributed by atoms with Crippen molar-refractivity contribution in [1.29, 1.82) is 0 Å². The predicted octanol–water partition coefficient (Wildman–Crippen LogP) is 5.78. The topological polar surface area (TPSA) is 46.9 Å². The molecular weight excluding hydrogens is 402 g/mol. The third-order valence-electron chi connectivity index (χ3n) is 4.68. The van der Waals surface area contributed by atoms with E-state index >= 15 is 0 Å². The van der Waals surface area contributed by atoms with Crippen LogP contribution in [-0.4, -0.2) is 21.2 Å². The summed E-state index contributed by atoms with van der Waals surface area (Å²) in [6, 6.07) is 23.8. The molecule has 0 radical (unpaired) electrons. The van der Waals surface area contributed by atoms with E-state index < -0.39 is 0 Å². The summed E-state index contributed by atoms with van der Waals surface area (Å²) in [7, 11) is 0. The first-order chi connectivity index (χ1) is 14.1. The van der Waals surface area contributed by atoms with Crippen molar-refractivity contribution in [3.05, 3.63) is 88.9 Å². The maximum atomic E-state index is 12.5. The molecule has 0 bridgehead atoms. The number of amides is 1. The number of thioether (sulfide) groups is 1. The van der Waals surface area contributed by atoms with E-state index in [1.165, 1.54) is 17.3 Å². The number of rotatable bonds is 6. The highest BCUT2D eigenvalue weighted by atomic mass is 35.5. The summed E-state index contributed by atoms with van der Waals surface area (Å²) in [5.41, 5.74) is 4.78. The van der Waals surface area contributed by atoms with Gasteiger partial charge in [-0.1, -0.05) is 71.9 Å². The van der Waals surface area contributed by atoms with E-state index in [0.717, 1.165) is 27.4 Å². The summed E-state index contributed by atoms with van der Waals surface area (Å²) in [5, 5.41) is 4.41. The van der Waals surface area contributed by atoms with Gasteiger partial charge in [0.2, 0.25) is 5.91 Å². The molecule has 0 aliphatic heterocycles. The maximum Gasteiger partial charge on any atom is 0.234 e. The molecule has 1 heterocycles. The van der Waals surface area contributed by atoms with Crippen LogP contribution in [0, 0.1) is 6.92 Å². The van der Waals surface area contributed by atoms with E-state index in [2.05, 4.69) is 28.1 Å². The van der Waals surface area contributed by atoms with E-state index in [1.807, 2.05) is 61.5 Å². The van der Waals surface area contributed by atoms with Crippen LogP contribution in [0.2, 0.25) is 5.02 Å². The largest absolute Gasteiger partial charge is 0.325 e. The third-order valence-corrected chi connectivity index (χ3v) is 6.06. The number of nitrogens with zero attached hydrogens (tertiary/aromatic N) is 2. The highest BCUT2D eigenvalue weighted by Gasteiger charge is 2.14. The Labute approximate surface area is 178 Å². The lowest BCUT2D eigenvalue weighted by atomic mass is 10.2. The molecule has 0 spiro atoms. The zero-order valence-corrected chi connectivity index (χ0v) is 17.5. The number of fused-ring (bicyclic) bond motifs is 1. The van der Waals surface area contributed by atoms with Gasteiger partial charge in [0.1, 0.15) is 0 Å². The summed E-state index contributed by atoms with van der Waals surface area (Å²) in [6.07, 6.45) is 0. The lowest BCUT2D eigenvalue weighted by Crippen LogP contribution is -2.15. The molecule has 146 valence electrons. The number of aromatic nitrogens is 2. The molecule has 0 aliphatic carbocycles. The van der Waals surface area contributed by atoms with Crippen molar-refractivity contribution in [2.45, 2.75) is 18.6 Å². The number of halogens is 1. The van der Waals surface area contributed by atoms with Gasteiger partial charge in [-0.3, -0.25) is 4.79 Å². The van der Waals surface area contributed by atoms with Crippen LogP contribution in [0.1, 0.15) is 11.1 Å². The molecule has 29 heavy (non-hydrogen) atoms. The smallest absolute Gasteiger partial charge is 0.234 e. The highest BCUT2D eigenvalue weighted by molar-refractivity contribution is 7.99. The summed E-state index contributed by atoms with van der Waals surface area (Å²) < 4.78 is 2.16. The molecule has 1 N–H and O–H groups in total. The van der Waals surface area contributed by atoms with Gasteiger partial charge in [0.05, 0.1) is 23.3 Å². The molecule has 0 fully saturated rings. The van der Waals surface area contributed by atoms with E-state index in [-0.39, 0.29) is 11.7 Å². The second kappa shape index (κ2) is 8.72. The first-order valence-electron chi connectivity index (χ1n) is 9.29. The fourth-order valence-electron chi connectivity index (χ4n) is 3.14. The molecular formula is C23H20ClN3OS. The number of carbonyl (C=O) groups is 1. The van der Waals surface area contributed by atoms with Crippen LogP contribution in [0.3, 0.4) is 0 Å². The van der Waals surface area contributed by atoms with Crippen LogP contribution >= 0.6 is 23.4 Å². The first-order valence-corrected chi connectivity index (χ1v) is 10.6. The number of para-hydroxylation sites is 2. The summed E-state index contributed by atoms with van der Waals surface area (Å²) in [5.74, 6) is 0.183. The minimum absolute atomic E-state index is 0.0846. The van der Waals surface area contributed by atoms with Gasteiger partial charge in [-0.25, -0.2) is 4.98 Å². The van der Waals surface area contributed by atoms with Crippen molar-refractivity contribution in [2.24, 2.45) is 0 Å². The average molecular weight is 422 g/mol. The van der Waals surface area contributed by atoms with Crippen molar-refractivity contribution in [2.75, 3.05) is 11.1 Å². The lowest BCUT2D eigenvalue weighted by molar-refractivity contribution is -0.113. The molecule has 0 atom stereocenters. The van der Waals surface area contributed by atoms with Crippen molar-refractivity contribution < 1.29 is 4.79 Å². The SMILES string of the molecule is Cc1c(Cl)cccc1NC(=O)CSc1nc2ccccc2n1Cc1ccccc1. The van der Waals surface area contributed by atoms with Gasteiger partial charge in [-0.05, 0) is 42.3 Å². The van der Waals surface area contributed by atoms with Crippen LogP contribution in [0.15, 0.2) is 78.0 Å². The molecule has 1 amide bonds. The molecule has 4 rings (SSSR count). The Hall–Kier alpha value is -2.76. The Morgan fingerprint density at radius 2 is 1.79 bits per heavy atom. The standard InChI is InChI=1S/C23H20ClN3OS/c1-16-18(24)10-7-12-19(16)25-22(28)15-29-23-26-20-11-5-6-13-21(20)27(23)14-17-8-3-2-4-9-17/h2-13H,14-15H2,1H3,(H,25,28). The molecule has 1 aromatic heterocycles. The van der Waals surface area contributed by atoms with Gasteiger partial charge in [0.15, 0.2) is 5.16 Å². The van der Waals surface area contributed by atoms with E-state index in [4.69, 9.17) is 16.6 Å². The van der Waals surface area contributed by atoms with Crippen molar-refractivity contribution in [3.63, 3.8) is 0 Å². The number of hydrogen-bond acceptors (Lipinski definition) is 3. The van der Waals surface area contributed by atoms with E-state index in [0.29, 0.717) is 11.6 Å². The van der Waals surface area contributed by atoms with Gasteiger partial charge in [-0.15, -0.1) is 0 Å². The number of hydrogen-bond donors (Lipinski definition) is 1. The minimum Gasteiger partial charge on any atom is -0.325 e. The Morgan fingerprint density at radius 3 is 2.62 bits per heavy atom. The van der Waals surface area contributed by atoms with Crippen LogP contribution in [0.4, 0.5) is 5.69 Å². The van der Waals surface area contributed by atoms with E-state index in [1.54, 1.807) is 0 Å². The average Bonchev–Trinajstić information content (AvgIpc) is 3.08. The first kappa shape index (κ1) is 19.6. The zero-order valence-electron chi connectivity index (χ0n) is 15.9. The van der Waals surface area contributed by atoms with Crippen LogP contribution < -0.4 is 5.32 Å². The van der Waals surface area contributed by atoms with Crippen LogP contribution in [0.25, 0.3) is 11.0 Å². The molecule has 4 nitrogen and oxygen atoms in total. The fraction of sp³-hybridized carbons (Fsp3) is 0.130. The normalized spacial score (nSPS) is 11.0. The number of benzene rings is 3. The summed E-state index contributed by atoms with van der Waals surface area (Å²) in [4.78, 5) is 17.3. The van der Waals surface area contributed by atoms with Gasteiger partial charge < -0.3 is 9.88 Å². The van der Waals surface area contributed by atoms with Gasteiger partial charge in [0, 0.05) is 10.7 Å². The van der Waals surface area contributed by atoms with E-state index in [9.17, 15) is 4.79 Å². The summed E-state index contributed by atoms with van der Waals surface area (Å²) >= 11 is 7.58. The van der Waals surface area contributed by atoms with Gasteiger partial charge >= 0.3 is 0 Å². The van der Waals surface area contributed by atoms with Gasteiger partial charge in [0.25, 0.3) is 0 Å². The lowest BCUT2D eigenvalue weighted by Gasteiger charge is -2.11. The number of imidazole rings is 1. The zero-order chi connectivity index (χ0) is 20.2. The van der Waals surface area contributed by atoms with Crippen LogP contribution in [-0.2, 0) is 11.3 Å². The fourth-order valence-corrected chi connectivity index (χ4v) is 4.13. The van der Waals surface area contributed by atoms with Crippen molar-refractivity contribution in [3.8, 4) is 0 Å². The minimum atomic E-state index is -0.0846. The molecule has 0 unspecified atom stereocenters. The van der Waals surface area contributed by atoms with Crippen molar-refractivity contribution >= 4 is 46.0 Å². The summed E-state index contributed by atoms with van der Waals surface area (Å²) in [6.45, 7) is 2.60. The predicted molar refractivity (Wildman–Crippen MR) is 121 cm³/mol. The Kier molecular flexibility index (Phi) is 5.88. The Balaban J connectivity index is 1.53. The Bertz CT molecular complexity index is 1160. The quantitative estimate of drug-likeness (QED) is 0.401. The second-order valence-electron chi connectivity index (χ2n) is 6.70. The van der Waals surface area contributed by atoms with Crippen LogP contribution in [0.5, 0.6) is 0 Å². The molecule has 6 heteroatoms. The molecule has 0 saturated carbocycles. The molecule has 3 aromatic carbocycles. The number of carbonyl (C=O) groups excluding carboxylic acids is 1. The highest BCUT2D eigenvalue weighted by Crippen LogP contribution is 2.26. The van der Waals surface area contributed by atoms with Crippen molar-refractivity contribution in [1.82, 2.24) is 9.55 Å². The molecule has 0 saturated heterocycles. The molecule has 4 aromatic rings. The van der Waals surface area contributed by atoms with Gasteiger partial charge in [-0.2, -0.15) is 0 Å². The molecule has 0 aliphatic rings. The second-order valence-corrected chi connectivity index (χ2v) is 8.05. The number of nitrogens with one attached hydrogen (secondary N) is 1. The third kappa shape index (κ3) is 4.47. The maximum absolute atomic E-state index is 12.5. The Morgan fingerprint density at radius 1 is 1.03 bits per heavy atom. The monoisotopic (exact) mass is 421 g/mol. The number of anilines is 1.